The summed E-state index contributed by atoms with van der Waals surface area (Å²) in [6, 6.07) is 1.11. The van der Waals surface area contributed by atoms with Gasteiger partial charge in [0.1, 0.15) is 0 Å². The summed E-state index contributed by atoms with van der Waals surface area (Å²) in [5.74, 6) is -1.11. The molecular formula is C12H17N3O4. The van der Waals surface area contributed by atoms with Crippen molar-refractivity contribution < 1.29 is 14.8 Å². The van der Waals surface area contributed by atoms with Gasteiger partial charge in [-0.15, -0.1) is 0 Å². The van der Waals surface area contributed by atoms with E-state index in [1.807, 2.05) is 13.8 Å². The Labute approximate surface area is 110 Å². The van der Waals surface area contributed by atoms with E-state index in [9.17, 15) is 14.9 Å². The molecule has 1 aromatic heterocycles. The predicted octanol–water partition coefficient (Wildman–Crippen LogP) is 2.68. The molecule has 1 rings (SSSR count). The second kappa shape index (κ2) is 6.67. The number of nitrogens with one attached hydrogen (secondary N) is 1. The molecule has 0 radical (unpaired) electrons. The number of hydrogen-bond acceptors (Lipinski definition) is 5. The standard InChI is InChI=1S/C12H17N3O4/c1-3-5-9(4-2)14-11-10(15(18)19)6-8(7-13-11)12(16)17/h6-7,9H,3-5H2,1-2H3,(H,13,14)(H,16,17). The molecule has 0 aliphatic heterocycles. The maximum Gasteiger partial charge on any atom is 0.337 e. The fraction of sp³-hybridized carbons (Fsp3) is 0.500. The van der Waals surface area contributed by atoms with Gasteiger partial charge in [0, 0.05) is 18.3 Å². The van der Waals surface area contributed by atoms with Gasteiger partial charge >= 0.3 is 11.7 Å². The molecule has 1 heterocycles. The molecule has 0 amide bonds. The predicted molar refractivity (Wildman–Crippen MR) is 70.5 cm³/mol. The Morgan fingerprint density at radius 1 is 1.58 bits per heavy atom. The van der Waals surface area contributed by atoms with Gasteiger partial charge in [-0.25, -0.2) is 9.78 Å². The van der Waals surface area contributed by atoms with Gasteiger partial charge in [0.15, 0.2) is 0 Å². The van der Waals surface area contributed by atoms with Gasteiger partial charge in [0.2, 0.25) is 5.82 Å². The van der Waals surface area contributed by atoms with Crippen molar-refractivity contribution in [2.45, 2.75) is 39.2 Å². The first-order valence-corrected chi connectivity index (χ1v) is 6.13. The number of carbonyl (C=O) groups is 1. The van der Waals surface area contributed by atoms with E-state index in [0.717, 1.165) is 31.5 Å². The molecule has 0 fully saturated rings. The molecule has 0 aromatic carbocycles. The zero-order chi connectivity index (χ0) is 14.4. The second-order valence-electron chi connectivity index (χ2n) is 4.19. The maximum atomic E-state index is 11.0. The number of rotatable bonds is 7. The molecule has 19 heavy (non-hydrogen) atoms. The molecule has 0 aliphatic rings. The normalized spacial score (nSPS) is 11.9. The molecule has 104 valence electrons. The van der Waals surface area contributed by atoms with E-state index in [-0.39, 0.29) is 23.1 Å². The zero-order valence-corrected chi connectivity index (χ0v) is 10.9. The number of aromatic nitrogens is 1. The van der Waals surface area contributed by atoms with Crippen molar-refractivity contribution >= 4 is 17.5 Å². The van der Waals surface area contributed by atoms with E-state index in [1.165, 1.54) is 0 Å². The van der Waals surface area contributed by atoms with Gasteiger partial charge in [0.05, 0.1) is 10.5 Å². The van der Waals surface area contributed by atoms with Crippen molar-refractivity contribution in [2.75, 3.05) is 5.32 Å². The molecule has 0 saturated carbocycles. The van der Waals surface area contributed by atoms with E-state index in [0.29, 0.717) is 0 Å². The number of hydrogen-bond donors (Lipinski definition) is 2. The Kier molecular flexibility index (Phi) is 5.23. The molecule has 1 unspecified atom stereocenters. The third kappa shape index (κ3) is 3.90. The minimum absolute atomic E-state index is 0.0897. The lowest BCUT2D eigenvalue weighted by Gasteiger charge is -2.16. The Morgan fingerprint density at radius 2 is 2.26 bits per heavy atom. The van der Waals surface area contributed by atoms with Crippen molar-refractivity contribution in [1.82, 2.24) is 4.98 Å². The Morgan fingerprint density at radius 3 is 2.74 bits per heavy atom. The topological polar surface area (TPSA) is 105 Å². The van der Waals surface area contributed by atoms with Crippen molar-refractivity contribution in [1.29, 1.82) is 0 Å². The van der Waals surface area contributed by atoms with E-state index in [2.05, 4.69) is 10.3 Å². The van der Waals surface area contributed by atoms with Crippen LogP contribution in [0.1, 0.15) is 43.5 Å². The average Bonchev–Trinajstić information content (AvgIpc) is 2.37. The summed E-state index contributed by atoms with van der Waals surface area (Å²) >= 11 is 0. The summed E-state index contributed by atoms with van der Waals surface area (Å²) in [7, 11) is 0. The second-order valence-corrected chi connectivity index (χ2v) is 4.19. The van der Waals surface area contributed by atoms with Crippen LogP contribution < -0.4 is 5.32 Å². The van der Waals surface area contributed by atoms with E-state index in [4.69, 9.17) is 5.11 Å². The molecule has 1 atom stereocenters. The first kappa shape index (κ1) is 14.9. The molecule has 7 heteroatoms. The van der Waals surface area contributed by atoms with Crippen LogP contribution in [0, 0.1) is 10.1 Å². The lowest BCUT2D eigenvalue weighted by atomic mass is 10.1. The zero-order valence-electron chi connectivity index (χ0n) is 10.9. The van der Waals surface area contributed by atoms with E-state index in [1.54, 1.807) is 0 Å². The molecule has 0 aliphatic carbocycles. The highest BCUT2D eigenvalue weighted by Gasteiger charge is 2.20. The number of carboxylic acids is 1. The number of anilines is 1. The summed E-state index contributed by atoms with van der Waals surface area (Å²) < 4.78 is 0. The lowest BCUT2D eigenvalue weighted by Crippen LogP contribution is -2.20. The molecule has 0 saturated heterocycles. The third-order valence-corrected chi connectivity index (χ3v) is 2.78. The highest BCUT2D eigenvalue weighted by Crippen LogP contribution is 2.24. The van der Waals surface area contributed by atoms with Crippen LogP contribution in [0.4, 0.5) is 11.5 Å². The third-order valence-electron chi connectivity index (χ3n) is 2.78. The largest absolute Gasteiger partial charge is 0.478 e. The number of aromatic carboxylic acids is 1. The smallest absolute Gasteiger partial charge is 0.337 e. The van der Waals surface area contributed by atoms with Gasteiger partial charge in [-0.2, -0.15) is 0 Å². The van der Waals surface area contributed by atoms with Crippen LogP contribution in [0.2, 0.25) is 0 Å². The fourth-order valence-electron chi connectivity index (χ4n) is 1.74. The van der Waals surface area contributed by atoms with Crippen LogP contribution >= 0.6 is 0 Å². The first-order chi connectivity index (χ1) is 8.99. The van der Waals surface area contributed by atoms with Crippen molar-refractivity contribution in [3.05, 3.63) is 27.9 Å². The van der Waals surface area contributed by atoms with Gasteiger partial charge in [-0.05, 0) is 12.8 Å². The van der Waals surface area contributed by atoms with Crippen LogP contribution in [-0.4, -0.2) is 27.0 Å². The van der Waals surface area contributed by atoms with E-state index < -0.39 is 10.9 Å². The van der Waals surface area contributed by atoms with Crippen LogP contribution in [-0.2, 0) is 0 Å². The number of nitro groups is 1. The van der Waals surface area contributed by atoms with Gasteiger partial charge in [-0.1, -0.05) is 20.3 Å². The molecule has 2 N–H and O–H groups in total. The monoisotopic (exact) mass is 267 g/mol. The SMILES string of the molecule is CCCC(CC)Nc1ncc(C(=O)O)cc1[N+](=O)[O-]. The number of carboxylic acid groups (broad SMARTS) is 1. The summed E-state index contributed by atoms with van der Waals surface area (Å²) in [5.41, 5.74) is -0.504. The lowest BCUT2D eigenvalue weighted by molar-refractivity contribution is -0.384. The number of pyridine rings is 1. The minimum atomic E-state index is -1.23. The quantitative estimate of drug-likeness (QED) is 0.581. The van der Waals surface area contributed by atoms with Gasteiger partial charge in [0.25, 0.3) is 0 Å². The van der Waals surface area contributed by atoms with Crippen molar-refractivity contribution in [3.8, 4) is 0 Å². The van der Waals surface area contributed by atoms with Crippen LogP contribution in [0.5, 0.6) is 0 Å². The van der Waals surface area contributed by atoms with Gasteiger partial charge < -0.3 is 10.4 Å². The Hall–Kier alpha value is -2.18. The summed E-state index contributed by atoms with van der Waals surface area (Å²) in [6.07, 6.45) is 3.76. The summed E-state index contributed by atoms with van der Waals surface area (Å²) in [5, 5.41) is 22.8. The molecule has 0 spiro atoms. The van der Waals surface area contributed by atoms with Crippen LogP contribution in [0.15, 0.2) is 12.3 Å². The molecule has 0 bridgehead atoms. The molecule has 7 nitrogen and oxygen atoms in total. The Bertz CT molecular complexity index is 476. The highest BCUT2D eigenvalue weighted by molar-refractivity contribution is 5.88. The number of nitrogens with zero attached hydrogens (tertiary/aromatic N) is 2. The van der Waals surface area contributed by atoms with Crippen LogP contribution in [0.3, 0.4) is 0 Å². The van der Waals surface area contributed by atoms with Crippen molar-refractivity contribution in [2.24, 2.45) is 0 Å². The minimum Gasteiger partial charge on any atom is -0.478 e. The molecule has 1 aromatic rings. The summed E-state index contributed by atoms with van der Waals surface area (Å²) in [6.45, 7) is 4.00. The van der Waals surface area contributed by atoms with Crippen LogP contribution in [0.25, 0.3) is 0 Å². The Balaban J connectivity index is 3.06. The first-order valence-electron chi connectivity index (χ1n) is 6.13. The van der Waals surface area contributed by atoms with Gasteiger partial charge in [-0.3, -0.25) is 10.1 Å². The highest BCUT2D eigenvalue weighted by atomic mass is 16.6. The van der Waals surface area contributed by atoms with Crippen molar-refractivity contribution in [3.63, 3.8) is 0 Å². The fourth-order valence-corrected chi connectivity index (χ4v) is 1.74. The molecular weight excluding hydrogens is 250 g/mol. The average molecular weight is 267 g/mol. The maximum absolute atomic E-state index is 11.0. The van der Waals surface area contributed by atoms with E-state index >= 15 is 0 Å². The summed E-state index contributed by atoms with van der Waals surface area (Å²) in [4.78, 5) is 25.0.